The lowest BCUT2D eigenvalue weighted by atomic mass is 9.87. The molecule has 2 aliphatic heterocycles. The van der Waals surface area contributed by atoms with Gasteiger partial charge in [-0.05, 0) is 80.3 Å². The summed E-state index contributed by atoms with van der Waals surface area (Å²) < 4.78 is 5.56. The fraction of sp³-hybridized carbons (Fsp3) is 0.545. The molecular weight excluding hydrogens is 498 g/mol. The number of nitrogens with zero attached hydrogens (tertiary/aromatic N) is 4. The molecule has 0 bridgehead atoms. The van der Waals surface area contributed by atoms with E-state index in [2.05, 4.69) is 108 Å². The molecule has 2 aromatic carbocycles. The number of benzene rings is 2. The molecule has 3 aromatic rings. The molecule has 3 heterocycles. The monoisotopic (exact) mass is 543 g/mol. The predicted molar refractivity (Wildman–Crippen MR) is 160 cm³/mol. The van der Waals surface area contributed by atoms with Crippen molar-refractivity contribution in [2.45, 2.75) is 78.3 Å². The third kappa shape index (κ3) is 6.92. The minimum Gasteiger partial charge on any atom is -0.372 e. The van der Waals surface area contributed by atoms with E-state index < -0.39 is 0 Å². The number of amides is 1. The molecule has 5 rings (SSSR count). The van der Waals surface area contributed by atoms with Crippen molar-refractivity contribution in [2.75, 3.05) is 31.1 Å². The first-order valence-corrected chi connectivity index (χ1v) is 15.0. The van der Waals surface area contributed by atoms with E-state index in [0.717, 1.165) is 56.1 Å². The van der Waals surface area contributed by atoms with Crippen LogP contribution in [-0.4, -0.2) is 47.1 Å². The van der Waals surface area contributed by atoms with Crippen molar-refractivity contribution < 1.29 is 9.32 Å². The Labute approximate surface area is 239 Å². The van der Waals surface area contributed by atoms with Crippen LogP contribution in [0.1, 0.15) is 83.4 Å². The van der Waals surface area contributed by atoms with Crippen molar-refractivity contribution in [3.8, 4) is 11.4 Å². The van der Waals surface area contributed by atoms with Crippen LogP contribution < -0.4 is 10.2 Å². The Morgan fingerprint density at radius 3 is 2.25 bits per heavy atom. The van der Waals surface area contributed by atoms with Gasteiger partial charge < -0.3 is 14.7 Å². The second-order valence-electron chi connectivity index (χ2n) is 12.9. The average molecular weight is 544 g/mol. The lowest BCUT2D eigenvalue weighted by molar-refractivity contribution is -0.127. The van der Waals surface area contributed by atoms with E-state index in [1.54, 1.807) is 0 Å². The van der Waals surface area contributed by atoms with Crippen molar-refractivity contribution in [3.05, 3.63) is 65.5 Å². The first-order valence-electron chi connectivity index (χ1n) is 15.0. The molecule has 1 N–H and O–H groups in total. The Hall–Kier alpha value is -3.19. The number of rotatable bonds is 7. The quantitative estimate of drug-likeness (QED) is 0.374. The summed E-state index contributed by atoms with van der Waals surface area (Å²) >= 11 is 0. The van der Waals surface area contributed by atoms with E-state index in [-0.39, 0.29) is 23.3 Å². The van der Waals surface area contributed by atoms with E-state index in [4.69, 9.17) is 4.52 Å². The maximum Gasteiger partial charge on any atom is 0.241 e. The van der Waals surface area contributed by atoms with E-state index in [1.165, 1.54) is 24.1 Å². The Kier molecular flexibility index (Phi) is 8.60. The average Bonchev–Trinajstić information content (AvgIpc) is 3.42. The van der Waals surface area contributed by atoms with Gasteiger partial charge in [0, 0.05) is 30.3 Å². The van der Waals surface area contributed by atoms with E-state index in [0.29, 0.717) is 18.3 Å². The van der Waals surface area contributed by atoms with Gasteiger partial charge in [0.05, 0.1) is 12.6 Å². The van der Waals surface area contributed by atoms with E-state index in [1.807, 2.05) is 0 Å². The number of piperidine rings is 2. The molecule has 7 heteroatoms. The molecule has 2 saturated heterocycles. The van der Waals surface area contributed by atoms with Gasteiger partial charge in [0.25, 0.3) is 0 Å². The third-order valence-corrected chi connectivity index (χ3v) is 8.70. The molecule has 1 aromatic heterocycles. The van der Waals surface area contributed by atoms with Crippen molar-refractivity contribution in [1.82, 2.24) is 20.4 Å². The SMILES string of the molecule is CC1CCN(c2ccc(C(C)NC(=O)C3CCN(Cc4nc(-c5ccc(C(C)(C)C)cc5)no4)CC3)cc2)CC1. The van der Waals surface area contributed by atoms with Gasteiger partial charge in [-0.1, -0.05) is 69.2 Å². The van der Waals surface area contributed by atoms with Crippen LogP contribution in [0.25, 0.3) is 11.4 Å². The second-order valence-corrected chi connectivity index (χ2v) is 12.9. The highest BCUT2D eigenvalue weighted by Gasteiger charge is 2.27. The van der Waals surface area contributed by atoms with Gasteiger partial charge in [-0.15, -0.1) is 0 Å². The molecule has 2 fully saturated rings. The fourth-order valence-corrected chi connectivity index (χ4v) is 5.76. The number of anilines is 1. The number of likely N-dealkylation sites (tertiary alicyclic amines) is 1. The number of hydrogen-bond donors (Lipinski definition) is 1. The summed E-state index contributed by atoms with van der Waals surface area (Å²) in [6.45, 7) is 15.6. The highest BCUT2D eigenvalue weighted by molar-refractivity contribution is 5.79. The maximum absolute atomic E-state index is 13.1. The maximum atomic E-state index is 13.1. The summed E-state index contributed by atoms with van der Waals surface area (Å²) in [5.41, 5.74) is 4.79. The lowest BCUT2D eigenvalue weighted by Crippen LogP contribution is -2.41. The van der Waals surface area contributed by atoms with Crippen molar-refractivity contribution in [1.29, 1.82) is 0 Å². The smallest absolute Gasteiger partial charge is 0.241 e. The molecule has 214 valence electrons. The van der Waals surface area contributed by atoms with E-state index in [9.17, 15) is 4.79 Å². The summed E-state index contributed by atoms with van der Waals surface area (Å²) in [5.74, 6) is 2.26. The zero-order chi connectivity index (χ0) is 28.3. The first kappa shape index (κ1) is 28.3. The molecule has 0 aliphatic carbocycles. The molecule has 0 radical (unpaired) electrons. The predicted octanol–water partition coefficient (Wildman–Crippen LogP) is 6.36. The minimum absolute atomic E-state index is 0.00441. The van der Waals surface area contributed by atoms with Gasteiger partial charge in [-0.3, -0.25) is 9.69 Å². The lowest BCUT2D eigenvalue weighted by Gasteiger charge is -2.32. The van der Waals surface area contributed by atoms with Crippen LogP contribution in [0.2, 0.25) is 0 Å². The molecule has 0 spiro atoms. The van der Waals surface area contributed by atoms with Crippen LogP contribution in [-0.2, 0) is 16.8 Å². The molecule has 1 atom stereocenters. The van der Waals surface area contributed by atoms with Gasteiger partial charge in [0.1, 0.15) is 0 Å². The number of carbonyl (C=O) groups excluding carboxylic acids is 1. The number of hydrogen-bond acceptors (Lipinski definition) is 6. The third-order valence-electron chi connectivity index (χ3n) is 8.70. The van der Waals surface area contributed by atoms with Crippen molar-refractivity contribution >= 4 is 11.6 Å². The standard InChI is InChI=1S/C33H45N5O2/c1-23-14-20-38(21-15-23)29-12-8-25(9-13-29)24(2)34-32(39)27-16-18-37(19-17-27)22-30-35-31(36-40-30)26-6-10-28(11-7-26)33(3,4)5/h6-13,23-24,27H,14-22H2,1-5H3,(H,34,39). The number of nitrogens with one attached hydrogen (secondary N) is 1. The minimum atomic E-state index is -0.00441. The second kappa shape index (κ2) is 12.1. The van der Waals surface area contributed by atoms with Crippen molar-refractivity contribution in [2.24, 2.45) is 11.8 Å². The van der Waals surface area contributed by atoms with Crippen molar-refractivity contribution in [3.63, 3.8) is 0 Å². The fourth-order valence-electron chi connectivity index (χ4n) is 5.76. The van der Waals surface area contributed by atoms with Crippen LogP contribution in [0, 0.1) is 11.8 Å². The van der Waals surface area contributed by atoms with Gasteiger partial charge in [-0.2, -0.15) is 4.98 Å². The van der Waals surface area contributed by atoms with Gasteiger partial charge in [0.2, 0.25) is 17.6 Å². The Morgan fingerprint density at radius 1 is 0.975 bits per heavy atom. The number of aromatic nitrogens is 2. The summed E-state index contributed by atoms with van der Waals surface area (Å²) in [5, 5.41) is 7.46. The van der Waals surface area contributed by atoms with E-state index >= 15 is 0 Å². The topological polar surface area (TPSA) is 74.5 Å². The molecule has 1 unspecified atom stereocenters. The molecule has 2 aliphatic rings. The summed E-state index contributed by atoms with van der Waals surface area (Å²) in [6.07, 6.45) is 4.19. The molecule has 40 heavy (non-hydrogen) atoms. The zero-order valence-corrected chi connectivity index (χ0v) is 24.8. The normalized spacial score (nSPS) is 18.6. The summed E-state index contributed by atoms with van der Waals surface area (Å²) in [6, 6.07) is 17.1. The van der Waals surface area contributed by atoms with Crippen LogP contribution in [0.15, 0.2) is 53.1 Å². The summed E-state index contributed by atoms with van der Waals surface area (Å²) in [7, 11) is 0. The molecular formula is C33H45N5O2. The molecule has 0 saturated carbocycles. The Bertz CT molecular complexity index is 1250. The zero-order valence-electron chi connectivity index (χ0n) is 24.8. The number of carbonyl (C=O) groups is 1. The van der Waals surface area contributed by atoms with Crippen LogP contribution in [0.4, 0.5) is 5.69 Å². The summed E-state index contributed by atoms with van der Waals surface area (Å²) in [4.78, 5) is 22.5. The van der Waals surface area contributed by atoms with Gasteiger partial charge >= 0.3 is 0 Å². The van der Waals surface area contributed by atoms with Crippen LogP contribution in [0.3, 0.4) is 0 Å². The first-order chi connectivity index (χ1) is 19.2. The van der Waals surface area contributed by atoms with Gasteiger partial charge in [-0.25, -0.2) is 0 Å². The molecule has 1 amide bonds. The highest BCUT2D eigenvalue weighted by Crippen LogP contribution is 2.27. The molecule has 7 nitrogen and oxygen atoms in total. The van der Waals surface area contributed by atoms with Crippen LogP contribution in [0.5, 0.6) is 0 Å². The largest absolute Gasteiger partial charge is 0.372 e. The van der Waals surface area contributed by atoms with Crippen LogP contribution >= 0.6 is 0 Å². The Morgan fingerprint density at radius 2 is 1.62 bits per heavy atom. The Balaban J connectivity index is 1.07. The highest BCUT2D eigenvalue weighted by atomic mass is 16.5. The van der Waals surface area contributed by atoms with Gasteiger partial charge in [0.15, 0.2) is 0 Å².